The second kappa shape index (κ2) is 4.50. The molecule has 1 aromatic heterocycles. The molecule has 94 valence electrons. The number of carboxylic acids is 1. The van der Waals surface area contributed by atoms with Crippen molar-refractivity contribution in [2.45, 2.75) is 6.04 Å². The van der Waals surface area contributed by atoms with E-state index in [2.05, 4.69) is 0 Å². The smallest absolute Gasteiger partial charge is 0.332 e. The largest absolute Gasteiger partial charge is 0.480 e. The van der Waals surface area contributed by atoms with Gasteiger partial charge in [0.05, 0.1) is 5.69 Å². The second-order valence-corrected chi connectivity index (χ2v) is 3.94. The molecule has 6 heteroatoms. The molecule has 0 aliphatic heterocycles. The molecule has 1 atom stereocenters. The zero-order chi connectivity index (χ0) is 13.3. The highest BCUT2D eigenvalue weighted by molar-refractivity contribution is 5.76. The molecule has 2 aromatic rings. The number of carboxylic acid groups (broad SMARTS) is 1. The van der Waals surface area contributed by atoms with Crippen LogP contribution < -0.4 is 11.4 Å². The number of aliphatic carboxylic acids is 1. The van der Waals surface area contributed by atoms with Crippen molar-refractivity contribution < 1.29 is 9.90 Å². The standard InChI is InChI=1S/C12H13N3O3/c1-14-6-7-15(12(14)18)9-5-3-2-4-8(9)10(13)11(16)17/h2-7,10H,13H2,1H3,(H,16,17). The molecule has 0 aliphatic carbocycles. The fraction of sp³-hybridized carbons (Fsp3) is 0.167. The van der Waals surface area contributed by atoms with E-state index in [4.69, 9.17) is 10.8 Å². The van der Waals surface area contributed by atoms with Crippen LogP contribution in [0.3, 0.4) is 0 Å². The van der Waals surface area contributed by atoms with Gasteiger partial charge in [-0.3, -0.25) is 9.36 Å². The number of carbonyl (C=O) groups is 1. The zero-order valence-corrected chi connectivity index (χ0v) is 9.78. The third-order valence-corrected chi connectivity index (χ3v) is 2.74. The molecule has 0 radical (unpaired) electrons. The number of benzene rings is 1. The zero-order valence-electron chi connectivity index (χ0n) is 9.78. The number of rotatable bonds is 3. The van der Waals surface area contributed by atoms with Crippen molar-refractivity contribution >= 4 is 5.97 Å². The molecule has 6 nitrogen and oxygen atoms in total. The van der Waals surface area contributed by atoms with Gasteiger partial charge in [-0.1, -0.05) is 18.2 Å². The van der Waals surface area contributed by atoms with Crippen LogP contribution in [0.1, 0.15) is 11.6 Å². The predicted octanol–water partition coefficient (Wildman–Crippen LogP) is 0.260. The Kier molecular flexibility index (Phi) is 3.03. The Balaban J connectivity index is 2.62. The number of hydrogen-bond acceptors (Lipinski definition) is 3. The summed E-state index contributed by atoms with van der Waals surface area (Å²) in [4.78, 5) is 22.8. The van der Waals surface area contributed by atoms with Crippen LogP contribution in [-0.2, 0) is 11.8 Å². The minimum Gasteiger partial charge on any atom is -0.480 e. The van der Waals surface area contributed by atoms with Gasteiger partial charge in [0.25, 0.3) is 0 Å². The summed E-state index contributed by atoms with van der Waals surface area (Å²) in [5.74, 6) is -1.13. The average Bonchev–Trinajstić information content (AvgIpc) is 2.69. The summed E-state index contributed by atoms with van der Waals surface area (Å²) in [5, 5.41) is 8.96. The predicted molar refractivity (Wildman–Crippen MR) is 65.6 cm³/mol. The summed E-state index contributed by atoms with van der Waals surface area (Å²) >= 11 is 0. The summed E-state index contributed by atoms with van der Waals surface area (Å²) in [6, 6.07) is 5.53. The Morgan fingerprint density at radius 3 is 2.56 bits per heavy atom. The third kappa shape index (κ3) is 1.93. The second-order valence-electron chi connectivity index (χ2n) is 3.94. The van der Waals surface area contributed by atoms with Crippen LogP contribution in [0.4, 0.5) is 0 Å². The normalized spacial score (nSPS) is 12.3. The number of hydrogen-bond donors (Lipinski definition) is 2. The van der Waals surface area contributed by atoms with Gasteiger partial charge in [0.2, 0.25) is 0 Å². The van der Waals surface area contributed by atoms with Crippen molar-refractivity contribution in [3.8, 4) is 5.69 Å². The van der Waals surface area contributed by atoms with Crippen LogP contribution in [0.25, 0.3) is 5.69 Å². The SMILES string of the molecule is Cn1ccn(-c2ccccc2C(N)C(=O)O)c1=O. The quantitative estimate of drug-likeness (QED) is 0.814. The summed E-state index contributed by atoms with van der Waals surface area (Å²) in [6.45, 7) is 0. The highest BCUT2D eigenvalue weighted by Gasteiger charge is 2.19. The van der Waals surface area contributed by atoms with Gasteiger partial charge in [-0.15, -0.1) is 0 Å². The van der Waals surface area contributed by atoms with Crippen LogP contribution in [0.15, 0.2) is 41.5 Å². The molecule has 0 saturated carbocycles. The topological polar surface area (TPSA) is 90.2 Å². The molecule has 1 aromatic carbocycles. The van der Waals surface area contributed by atoms with Crippen LogP contribution >= 0.6 is 0 Å². The van der Waals surface area contributed by atoms with E-state index in [-0.39, 0.29) is 5.69 Å². The van der Waals surface area contributed by atoms with E-state index in [1.54, 1.807) is 43.7 Å². The van der Waals surface area contributed by atoms with Crippen molar-refractivity contribution in [2.24, 2.45) is 12.8 Å². The highest BCUT2D eigenvalue weighted by atomic mass is 16.4. The molecule has 0 spiro atoms. The first-order valence-corrected chi connectivity index (χ1v) is 5.34. The monoisotopic (exact) mass is 247 g/mol. The van der Waals surface area contributed by atoms with E-state index in [0.29, 0.717) is 11.3 Å². The summed E-state index contributed by atoms with van der Waals surface area (Å²) < 4.78 is 2.78. The van der Waals surface area contributed by atoms with Gasteiger partial charge in [0.1, 0.15) is 6.04 Å². The minimum atomic E-state index is -1.16. The summed E-state index contributed by atoms with van der Waals surface area (Å²) in [6.07, 6.45) is 3.18. The number of imidazole rings is 1. The van der Waals surface area contributed by atoms with Crippen molar-refractivity contribution in [3.63, 3.8) is 0 Å². The van der Waals surface area contributed by atoms with E-state index in [1.165, 1.54) is 9.13 Å². The van der Waals surface area contributed by atoms with Gasteiger partial charge >= 0.3 is 11.7 Å². The summed E-state index contributed by atoms with van der Waals surface area (Å²) in [7, 11) is 1.62. The number of nitrogens with two attached hydrogens (primary N) is 1. The lowest BCUT2D eigenvalue weighted by Crippen LogP contribution is -2.26. The molecular weight excluding hydrogens is 234 g/mol. The van der Waals surface area contributed by atoms with E-state index >= 15 is 0 Å². The van der Waals surface area contributed by atoms with Gasteiger partial charge in [0.15, 0.2) is 0 Å². The molecule has 2 rings (SSSR count). The van der Waals surface area contributed by atoms with Crippen molar-refractivity contribution in [2.75, 3.05) is 0 Å². The van der Waals surface area contributed by atoms with Crippen LogP contribution in [0, 0.1) is 0 Å². The van der Waals surface area contributed by atoms with Gasteiger partial charge in [-0.2, -0.15) is 0 Å². The van der Waals surface area contributed by atoms with Crippen molar-refractivity contribution in [1.29, 1.82) is 0 Å². The number of aromatic nitrogens is 2. The Labute approximate surface area is 103 Å². The van der Waals surface area contributed by atoms with Crippen molar-refractivity contribution in [3.05, 3.63) is 52.7 Å². The van der Waals surface area contributed by atoms with E-state index in [0.717, 1.165) is 0 Å². The minimum absolute atomic E-state index is 0.250. The third-order valence-electron chi connectivity index (χ3n) is 2.74. The maximum Gasteiger partial charge on any atom is 0.332 e. The molecule has 3 N–H and O–H groups in total. The van der Waals surface area contributed by atoms with E-state index in [1.807, 2.05) is 0 Å². The average molecular weight is 247 g/mol. The lowest BCUT2D eigenvalue weighted by atomic mass is 10.1. The fourth-order valence-corrected chi connectivity index (χ4v) is 1.75. The first-order chi connectivity index (χ1) is 8.52. The van der Waals surface area contributed by atoms with Crippen LogP contribution in [-0.4, -0.2) is 20.2 Å². The number of para-hydroxylation sites is 1. The Morgan fingerprint density at radius 1 is 1.33 bits per heavy atom. The first kappa shape index (κ1) is 12.1. The molecule has 0 saturated heterocycles. The van der Waals surface area contributed by atoms with Gasteiger partial charge in [-0.25, -0.2) is 4.79 Å². The van der Waals surface area contributed by atoms with E-state index in [9.17, 15) is 9.59 Å². The number of aryl methyl sites for hydroxylation is 1. The lowest BCUT2D eigenvalue weighted by Gasteiger charge is -2.12. The maximum absolute atomic E-state index is 11.9. The van der Waals surface area contributed by atoms with Gasteiger partial charge < -0.3 is 15.4 Å². The molecule has 18 heavy (non-hydrogen) atoms. The van der Waals surface area contributed by atoms with Crippen LogP contribution in [0.5, 0.6) is 0 Å². The highest BCUT2D eigenvalue weighted by Crippen LogP contribution is 2.19. The molecule has 0 bridgehead atoms. The fourth-order valence-electron chi connectivity index (χ4n) is 1.75. The molecule has 0 fully saturated rings. The maximum atomic E-state index is 11.9. The molecule has 1 heterocycles. The molecular formula is C12H13N3O3. The molecule has 1 unspecified atom stereocenters. The lowest BCUT2D eigenvalue weighted by molar-refractivity contribution is -0.138. The Morgan fingerprint density at radius 2 is 2.00 bits per heavy atom. The van der Waals surface area contributed by atoms with Gasteiger partial charge in [0, 0.05) is 25.0 Å². The Bertz CT molecular complexity index is 642. The van der Waals surface area contributed by atoms with Gasteiger partial charge in [-0.05, 0) is 6.07 Å². The van der Waals surface area contributed by atoms with Crippen LogP contribution in [0.2, 0.25) is 0 Å². The summed E-state index contributed by atoms with van der Waals surface area (Å²) in [5.41, 5.74) is 6.25. The Hall–Kier alpha value is -2.34. The first-order valence-electron chi connectivity index (χ1n) is 5.34. The molecule has 0 amide bonds. The van der Waals surface area contributed by atoms with Crippen molar-refractivity contribution in [1.82, 2.24) is 9.13 Å². The number of nitrogens with zero attached hydrogens (tertiary/aromatic N) is 2. The molecule has 0 aliphatic rings. The van der Waals surface area contributed by atoms with E-state index < -0.39 is 12.0 Å².